The third-order valence-corrected chi connectivity index (χ3v) is 4.20. The normalized spacial score (nSPS) is 15.2. The second kappa shape index (κ2) is 5.53. The molecule has 2 N–H and O–H groups in total. The zero-order chi connectivity index (χ0) is 16.6. The zero-order valence-corrected chi connectivity index (χ0v) is 12.6. The summed E-state index contributed by atoms with van der Waals surface area (Å²) in [6, 6.07) is 7.35. The lowest BCUT2D eigenvalue weighted by Crippen LogP contribution is -2.34. The Morgan fingerprint density at radius 1 is 1.30 bits per heavy atom. The van der Waals surface area contributed by atoms with Gasteiger partial charge in [0.25, 0.3) is 0 Å². The lowest BCUT2D eigenvalue weighted by Gasteiger charge is -2.15. The van der Waals surface area contributed by atoms with Gasteiger partial charge >= 0.3 is 5.97 Å². The van der Waals surface area contributed by atoms with Gasteiger partial charge in [-0.1, -0.05) is 12.1 Å². The molecule has 1 aliphatic rings. The van der Waals surface area contributed by atoms with E-state index in [0.717, 1.165) is 5.56 Å². The number of rotatable bonds is 5. The predicted octanol–water partition coefficient (Wildman–Crippen LogP) is 2.77. The standard InChI is InChI=1S/C17H16FNO4/c1-10-14(15(20)21)8-13(23-10)9-19-16(22)17(6-7-17)11-2-4-12(18)5-3-11/h2-5,8H,6-7,9H2,1H3,(H,19,22)(H,20,21). The Morgan fingerprint density at radius 2 is 1.96 bits per heavy atom. The number of aromatic carboxylic acids is 1. The number of furan rings is 1. The SMILES string of the molecule is Cc1oc(CNC(=O)C2(c3ccc(F)cc3)CC2)cc1C(=O)O. The number of carbonyl (C=O) groups excluding carboxylic acids is 1. The molecule has 5 nitrogen and oxygen atoms in total. The molecule has 23 heavy (non-hydrogen) atoms. The predicted molar refractivity (Wildman–Crippen MR) is 79.6 cm³/mol. The Hall–Kier alpha value is -2.63. The highest BCUT2D eigenvalue weighted by Gasteiger charge is 2.51. The number of carbonyl (C=O) groups is 2. The van der Waals surface area contributed by atoms with E-state index in [2.05, 4.69) is 5.32 Å². The van der Waals surface area contributed by atoms with Crippen molar-refractivity contribution >= 4 is 11.9 Å². The van der Waals surface area contributed by atoms with E-state index in [-0.39, 0.29) is 23.8 Å². The van der Waals surface area contributed by atoms with Crippen molar-refractivity contribution in [3.63, 3.8) is 0 Å². The maximum Gasteiger partial charge on any atom is 0.339 e. The molecule has 0 aliphatic heterocycles. The van der Waals surface area contributed by atoms with Crippen molar-refractivity contribution in [2.75, 3.05) is 0 Å². The summed E-state index contributed by atoms with van der Waals surface area (Å²) in [6.07, 6.45) is 1.42. The Kier molecular flexibility index (Phi) is 3.67. The molecular formula is C17H16FNO4. The average molecular weight is 317 g/mol. The van der Waals surface area contributed by atoms with Gasteiger partial charge in [-0.2, -0.15) is 0 Å². The van der Waals surface area contributed by atoms with Crippen LogP contribution in [0.25, 0.3) is 0 Å². The van der Waals surface area contributed by atoms with Gasteiger partial charge in [-0.3, -0.25) is 4.79 Å². The number of halogens is 1. The van der Waals surface area contributed by atoms with E-state index in [9.17, 15) is 14.0 Å². The van der Waals surface area contributed by atoms with Crippen molar-refractivity contribution in [1.29, 1.82) is 0 Å². The first-order valence-electron chi connectivity index (χ1n) is 7.29. The highest BCUT2D eigenvalue weighted by atomic mass is 19.1. The van der Waals surface area contributed by atoms with Crippen LogP contribution in [-0.2, 0) is 16.8 Å². The maximum atomic E-state index is 13.0. The number of nitrogens with one attached hydrogen (secondary N) is 1. The van der Waals surface area contributed by atoms with Crippen LogP contribution in [0, 0.1) is 12.7 Å². The van der Waals surface area contributed by atoms with Gasteiger partial charge in [-0.25, -0.2) is 9.18 Å². The van der Waals surface area contributed by atoms with Gasteiger partial charge in [0.05, 0.1) is 12.0 Å². The molecule has 2 aromatic rings. The second-order valence-electron chi connectivity index (χ2n) is 5.76. The topological polar surface area (TPSA) is 79.5 Å². The molecule has 0 radical (unpaired) electrons. The molecule has 3 rings (SSSR count). The molecule has 1 amide bonds. The van der Waals surface area contributed by atoms with E-state index in [0.29, 0.717) is 24.4 Å². The lowest BCUT2D eigenvalue weighted by atomic mass is 9.95. The molecule has 0 unspecified atom stereocenters. The molecule has 1 heterocycles. The Balaban J connectivity index is 1.69. The number of carboxylic acid groups (broad SMARTS) is 1. The van der Waals surface area contributed by atoms with Gasteiger partial charge in [0.1, 0.15) is 22.9 Å². The summed E-state index contributed by atoms with van der Waals surface area (Å²) in [6.45, 7) is 1.69. The fourth-order valence-corrected chi connectivity index (χ4v) is 2.72. The molecular weight excluding hydrogens is 301 g/mol. The minimum atomic E-state index is -1.06. The second-order valence-corrected chi connectivity index (χ2v) is 5.76. The van der Waals surface area contributed by atoms with E-state index in [1.807, 2.05) is 0 Å². The van der Waals surface area contributed by atoms with Gasteiger partial charge in [-0.15, -0.1) is 0 Å². The molecule has 0 bridgehead atoms. The molecule has 1 aromatic carbocycles. The Labute approximate surface area is 132 Å². The van der Waals surface area contributed by atoms with E-state index < -0.39 is 11.4 Å². The van der Waals surface area contributed by atoms with Crippen molar-refractivity contribution in [3.8, 4) is 0 Å². The zero-order valence-electron chi connectivity index (χ0n) is 12.6. The van der Waals surface area contributed by atoms with Gasteiger partial charge in [0.15, 0.2) is 0 Å². The summed E-state index contributed by atoms with van der Waals surface area (Å²) in [4.78, 5) is 23.4. The number of hydrogen-bond acceptors (Lipinski definition) is 3. The van der Waals surface area contributed by atoms with E-state index in [1.54, 1.807) is 19.1 Å². The molecule has 120 valence electrons. The van der Waals surface area contributed by atoms with Crippen LogP contribution < -0.4 is 5.32 Å². The Bertz CT molecular complexity index is 759. The van der Waals surface area contributed by atoms with E-state index >= 15 is 0 Å². The number of carboxylic acids is 1. The minimum Gasteiger partial charge on any atom is -0.478 e. The summed E-state index contributed by atoms with van der Waals surface area (Å²) >= 11 is 0. The summed E-state index contributed by atoms with van der Waals surface area (Å²) in [5.41, 5.74) is 0.275. The van der Waals surface area contributed by atoms with Crippen LogP contribution in [0.2, 0.25) is 0 Å². The minimum absolute atomic E-state index is 0.0916. The van der Waals surface area contributed by atoms with Gasteiger partial charge in [0.2, 0.25) is 5.91 Å². The summed E-state index contributed by atoms with van der Waals surface area (Å²) < 4.78 is 18.3. The summed E-state index contributed by atoms with van der Waals surface area (Å²) in [5.74, 6) is -0.856. The quantitative estimate of drug-likeness (QED) is 0.888. The third-order valence-electron chi connectivity index (χ3n) is 4.20. The van der Waals surface area contributed by atoms with Crippen LogP contribution in [0.15, 0.2) is 34.7 Å². The fourth-order valence-electron chi connectivity index (χ4n) is 2.72. The third kappa shape index (κ3) is 2.84. The molecule has 0 spiro atoms. The molecule has 0 atom stereocenters. The van der Waals surface area contributed by atoms with E-state index in [4.69, 9.17) is 9.52 Å². The van der Waals surface area contributed by atoms with Crippen LogP contribution in [0.3, 0.4) is 0 Å². The number of benzene rings is 1. The average Bonchev–Trinajstić information content (AvgIpc) is 3.23. The first kappa shape index (κ1) is 15.3. The van der Waals surface area contributed by atoms with E-state index in [1.165, 1.54) is 18.2 Å². The van der Waals surface area contributed by atoms with Gasteiger partial charge in [0, 0.05) is 0 Å². The molecule has 1 aliphatic carbocycles. The number of aryl methyl sites for hydroxylation is 1. The summed E-state index contributed by atoms with van der Waals surface area (Å²) in [5, 5.41) is 11.8. The number of hydrogen-bond donors (Lipinski definition) is 2. The monoisotopic (exact) mass is 317 g/mol. The molecule has 1 aromatic heterocycles. The molecule has 1 saturated carbocycles. The van der Waals surface area contributed by atoms with Crippen LogP contribution in [0.4, 0.5) is 4.39 Å². The van der Waals surface area contributed by atoms with Gasteiger partial charge < -0.3 is 14.8 Å². The lowest BCUT2D eigenvalue weighted by molar-refractivity contribution is -0.123. The van der Waals surface area contributed by atoms with Gasteiger partial charge in [-0.05, 0) is 43.5 Å². The maximum absolute atomic E-state index is 13.0. The molecule has 0 saturated heterocycles. The van der Waals surface area contributed by atoms with Crippen LogP contribution >= 0.6 is 0 Å². The first-order valence-corrected chi connectivity index (χ1v) is 7.29. The van der Waals surface area contributed by atoms with Crippen LogP contribution in [-0.4, -0.2) is 17.0 Å². The highest BCUT2D eigenvalue weighted by Crippen LogP contribution is 2.48. The van der Waals surface area contributed by atoms with Crippen molar-refractivity contribution in [2.45, 2.75) is 31.7 Å². The Morgan fingerprint density at radius 3 is 2.48 bits per heavy atom. The molecule has 1 fully saturated rings. The fraction of sp³-hybridized carbons (Fsp3) is 0.294. The van der Waals surface area contributed by atoms with Crippen molar-refractivity contribution in [1.82, 2.24) is 5.32 Å². The van der Waals surface area contributed by atoms with Crippen LogP contribution in [0.5, 0.6) is 0 Å². The van der Waals surface area contributed by atoms with Crippen molar-refractivity contribution in [3.05, 3.63) is 58.8 Å². The smallest absolute Gasteiger partial charge is 0.339 e. The highest BCUT2D eigenvalue weighted by molar-refractivity contribution is 5.91. The summed E-state index contributed by atoms with van der Waals surface area (Å²) in [7, 11) is 0. The largest absolute Gasteiger partial charge is 0.478 e. The van der Waals surface area contributed by atoms with Crippen LogP contribution in [0.1, 0.15) is 40.3 Å². The molecule has 6 heteroatoms. The first-order chi connectivity index (χ1) is 10.9. The number of amides is 1. The van der Waals surface area contributed by atoms with Crippen molar-refractivity contribution < 1.29 is 23.5 Å². The van der Waals surface area contributed by atoms with Crippen molar-refractivity contribution in [2.24, 2.45) is 0 Å².